The normalized spacial score (nSPS) is 20.0. The van der Waals surface area contributed by atoms with Crippen LogP contribution in [0.5, 0.6) is 0 Å². The van der Waals surface area contributed by atoms with Gasteiger partial charge in [0.2, 0.25) is 11.8 Å². The Morgan fingerprint density at radius 2 is 2.11 bits per heavy atom. The molecule has 1 atom stereocenters. The molecule has 2 aliphatic rings. The van der Waals surface area contributed by atoms with Crippen LogP contribution in [-0.2, 0) is 16.1 Å². The summed E-state index contributed by atoms with van der Waals surface area (Å²) in [5.74, 6) is 0.612. The Hall–Kier alpha value is -2.39. The van der Waals surface area contributed by atoms with Crippen molar-refractivity contribution in [1.29, 1.82) is 0 Å². The lowest BCUT2D eigenvalue weighted by Crippen LogP contribution is -3.08. The Kier molecular flexibility index (Phi) is 5.63. The first-order valence-electron chi connectivity index (χ1n) is 9.60. The van der Waals surface area contributed by atoms with E-state index in [1.54, 1.807) is 4.90 Å². The zero-order valence-corrected chi connectivity index (χ0v) is 16.6. The van der Waals surface area contributed by atoms with E-state index in [2.05, 4.69) is 15.5 Å². The van der Waals surface area contributed by atoms with Gasteiger partial charge in [-0.2, -0.15) is 0 Å². The molecule has 3 heterocycles. The molecule has 0 radical (unpaired) electrons. The molecule has 0 bridgehead atoms. The number of hydrogen-bond acceptors (Lipinski definition) is 6. The minimum atomic E-state index is -0.228. The van der Waals surface area contributed by atoms with Crippen molar-refractivity contribution < 1.29 is 18.9 Å². The van der Waals surface area contributed by atoms with Gasteiger partial charge in [0.05, 0.1) is 30.2 Å². The summed E-state index contributed by atoms with van der Waals surface area (Å²) < 4.78 is 5.70. The molecule has 1 aromatic heterocycles. The Balaban J connectivity index is 1.42. The second-order valence-electron chi connectivity index (χ2n) is 7.27. The van der Waals surface area contributed by atoms with Gasteiger partial charge in [-0.15, -0.1) is 10.2 Å². The lowest BCUT2D eigenvalue weighted by molar-refractivity contribution is -0.902. The van der Waals surface area contributed by atoms with Gasteiger partial charge in [-0.3, -0.25) is 9.59 Å². The number of fused-ring (bicyclic) bond motifs is 1. The van der Waals surface area contributed by atoms with Crippen LogP contribution in [0.25, 0.3) is 0 Å². The average Bonchev–Trinajstić information content (AvgIpc) is 3.31. The average molecular weight is 403 g/mol. The number of likely N-dealkylation sites (tertiary alicyclic amines) is 1. The van der Waals surface area contributed by atoms with Crippen LogP contribution in [0.2, 0.25) is 0 Å². The number of anilines is 2. The van der Waals surface area contributed by atoms with E-state index in [0.717, 1.165) is 25.3 Å². The second kappa shape index (κ2) is 8.32. The van der Waals surface area contributed by atoms with Crippen LogP contribution in [0.15, 0.2) is 33.9 Å². The van der Waals surface area contributed by atoms with Crippen molar-refractivity contribution in [3.8, 4) is 0 Å². The van der Waals surface area contributed by atoms with E-state index in [-0.39, 0.29) is 30.0 Å². The van der Waals surface area contributed by atoms with Gasteiger partial charge in [0.25, 0.3) is 11.1 Å². The first-order chi connectivity index (χ1) is 13.6. The first-order valence-corrected chi connectivity index (χ1v) is 10.6. The number of quaternary nitrogens is 1. The molecule has 148 valence electrons. The molecule has 1 fully saturated rings. The third-order valence-corrected chi connectivity index (χ3v) is 5.91. The maximum atomic E-state index is 13.0. The van der Waals surface area contributed by atoms with Gasteiger partial charge in [0.15, 0.2) is 6.54 Å². The maximum absolute atomic E-state index is 13.0. The number of rotatable bonds is 5. The molecule has 0 saturated carbocycles. The fourth-order valence-electron chi connectivity index (χ4n) is 3.79. The Bertz CT molecular complexity index is 865. The molecule has 4 rings (SSSR count). The highest BCUT2D eigenvalue weighted by molar-refractivity contribution is 7.99. The van der Waals surface area contributed by atoms with Gasteiger partial charge in [-0.05, 0) is 19.1 Å². The SMILES string of the molecule is C[C@@H]1CC(=O)Nc2ccccc2N1C(=O)CSc1nnc(C[NH+]2CCCC2)o1. The summed E-state index contributed by atoms with van der Waals surface area (Å²) in [7, 11) is 0. The van der Waals surface area contributed by atoms with Crippen LogP contribution in [0, 0.1) is 0 Å². The third kappa shape index (κ3) is 4.20. The molecule has 0 spiro atoms. The van der Waals surface area contributed by atoms with E-state index in [1.165, 1.54) is 29.5 Å². The van der Waals surface area contributed by atoms with Crippen molar-refractivity contribution in [2.75, 3.05) is 29.1 Å². The minimum Gasteiger partial charge on any atom is -0.410 e. The lowest BCUT2D eigenvalue weighted by Gasteiger charge is -2.27. The molecule has 2 aliphatic heterocycles. The molecule has 1 saturated heterocycles. The highest BCUT2D eigenvalue weighted by atomic mass is 32.2. The number of carbonyl (C=O) groups is 2. The number of amides is 2. The molecule has 2 N–H and O–H groups in total. The zero-order valence-electron chi connectivity index (χ0n) is 15.8. The number of aromatic nitrogens is 2. The summed E-state index contributed by atoms with van der Waals surface area (Å²) in [4.78, 5) is 28.2. The number of thioether (sulfide) groups is 1. The van der Waals surface area contributed by atoms with Crippen molar-refractivity contribution in [1.82, 2.24) is 10.2 Å². The summed E-state index contributed by atoms with van der Waals surface area (Å²) >= 11 is 1.24. The minimum absolute atomic E-state index is 0.0890. The molecule has 0 aliphatic carbocycles. The molecule has 28 heavy (non-hydrogen) atoms. The summed E-state index contributed by atoms with van der Waals surface area (Å²) in [6, 6.07) is 7.14. The fourth-order valence-corrected chi connectivity index (χ4v) is 4.43. The predicted octanol–water partition coefficient (Wildman–Crippen LogP) is 1.10. The van der Waals surface area contributed by atoms with E-state index in [0.29, 0.717) is 16.8 Å². The van der Waals surface area contributed by atoms with Crippen molar-refractivity contribution in [3.63, 3.8) is 0 Å². The van der Waals surface area contributed by atoms with E-state index < -0.39 is 0 Å². The van der Waals surface area contributed by atoms with Crippen molar-refractivity contribution in [2.45, 2.75) is 44.0 Å². The zero-order chi connectivity index (χ0) is 19.5. The maximum Gasteiger partial charge on any atom is 0.277 e. The lowest BCUT2D eigenvalue weighted by atomic mass is 10.2. The number of nitrogens with one attached hydrogen (secondary N) is 2. The summed E-state index contributed by atoms with van der Waals surface area (Å²) in [5.41, 5.74) is 1.37. The van der Waals surface area contributed by atoms with Crippen LogP contribution >= 0.6 is 11.8 Å². The summed E-state index contributed by atoms with van der Waals surface area (Å²) in [6.45, 7) is 4.91. The Morgan fingerprint density at radius 3 is 2.93 bits per heavy atom. The fraction of sp³-hybridized carbons (Fsp3) is 0.474. The highest BCUT2D eigenvalue weighted by Gasteiger charge is 2.29. The Labute approximate surface area is 167 Å². The third-order valence-electron chi connectivity index (χ3n) is 5.11. The van der Waals surface area contributed by atoms with Gasteiger partial charge in [-0.1, -0.05) is 23.9 Å². The van der Waals surface area contributed by atoms with E-state index >= 15 is 0 Å². The number of carbonyl (C=O) groups excluding carboxylic acids is 2. The monoisotopic (exact) mass is 402 g/mol. The number of para-hydroxylation sites is 2. The molecule has 1 aromatic carbocycles. The van der Waals surface area contributed by atoms with Crippen molar-refractivity contribution in [3.05, 3.63) is 30.2 Å². The van der Waals surface area contributed by atoms with Gasteiger partial charge in [0, 0.05) is 25.3 Å². The summed E-state index contributed by atoms with van der Waals surface area (Å²) in [5, 5.41) is 11.4. The van der Waals surface area contributed by atoms with Crippen LogP contribution in [0.3, 0.4) is 0 Å². The Morgan fingerprint density at radius 1 is 1.32 bits per heavy atom. The molecule has 8 nitrogen and oxygen atoms in total. The van der Waals surface area contributed by atoms with E-state index in [1.807, 2.05) is 31.2 Å². The van der Waals surface area contributed by atoms with Gasteiger partial charge < -0.3 is 19.5 Å². The molecule has 2 amide bonds. The molecule has 2 aromatic rings. The number of nitrogens with zero attached hydrogens (tertiary/aromatic N) is 3. The van der Waals surface area contributed by atoms with Gasteiger partial charge in [0.1, 0.15) is 0 Å². The van der Waals surface area contributed by atoms with Gasteiger partial charge in [-0.25, -0.2) is 0 Å². The molecular formula is C19H24N5O3S+. The second-order valence-corrected chi connectivity index (χ2v) is 8.19. The summed E-state index contributed by atoms with van der Waals surface area (Å²) in [6.07, 6.45) is 2.74. The topological polar surface area (TPSA) is 92.8 Å². The van der Waals surface area contributed by atoms with Crippen molar-refractivity contribution >= 4 is 35.0 Å². The smallest absolute Gasteiger partial charge is 0.277 e. The molecular weight excluding hydrogens is 378 g/mol. The first kappa shape index (κ1) is 18.9. The number of benzene rings is 1. The number of hydrogen-bond donors (Lipinski definition) is 2. The highest BCUT2D eigenvalue weighted by Crippen LogP contribution is 2.32. The van der Waals surface area contributed by atoms with Crippen LogP contribution in [0.4, 0.5) is 11.4 Å². The van der Waals surface area contributed by atoms with E-state index in [9.17, 15) is 9.59 Å². The van der Waals surface area contributed by atoms with Crippen LogP contribution in [-0.4, -0.2) is 46.9 Å². The van der Waals surface area contributed by atoms with Crippen molar-refractivity contribution in [2.24, 2.45) is 0 Å². The van der Waals surface area contributed by atoms with Crippen LogP contribution < -0.4 is 15.1 Å². The predicted molar refractivity (Wildman–Crippen MR) is 105 cm³/mol. The van der Waals surface area contributed by atoms with Crippen LogP contribution in [0.1, 0.15) is 32.1 Å². The largest absolute Gasteiger partial charge is 0.410 e. The quantitative estimate of drug-likeness (QED) is 0.728. The molecule has 9 heteroatoms. The van der Waals surface area contributed by atoms with Gasteiger partial charge >= 0.3 is 0 Å². The van der Waals surface area contributed by atoms with E-state index in [4.69, 9.17) is 4.42 Å². The standard InChI is InChI=1S/C19H23N5O3S/c1-13-10-16(25)20-14-6-2-3-7-15(14)24(13)18(26)12-28-19-22-21-17(27-19)11-23-8-4-5-9-23/h2-3,6-7,13H,4-5,8-12H2,1H3,(H,20,25)/p+1/t13-/m1/s1. The molecule has 0 unspecified atom stereocenters.